The van der Waals surface area contributed by atoms with Crippen LogP contribution in [0.15, 0.2) is 35.3 Å². The highest BCUT2D eigenvalue weighted by Crippen LogP contribution is 2.18. The number of hydrogen-bond acceptors (Lipinski definition) is 4. The first-order valence-corrected chi connectivity index (χ1v) is 11.3. The molecular formula is C23H39IN6O. The summed E-state index contributed by atoms with van der Waals surface area (Å²) in [7, 11) is 0. The van der Waals surface area contributed by atoms with Gasteiger partial charge in [0.2, 0.25) is 5.91 Å². The van der Waals surface area contributed by atoms with Crippen LogP contribution in [0.5, 0.6) is 0 Å². The molecule has 3 rings (SSSR count). The molecule has 2 unspecified atom stereocenters. The minimum atomic E-state index is 0. The topological polar surface area (TPSA) is 63.2 Å². The fourth-order valence-electron chi connectivity index (χ4n) is 4.21. The van der Waals surface area contributed by atoms with E-state index in [1.54, 1.807) is 0 Å². The van der Waals surface area contributed by atoms with E-state index < -0.39 is 0 Å². The summed E-state index contributed by atoms with van der Waals surface area (Å²) in [4.78, 5) is 24.1. The van der Waals surface area contributed by atoms with Gasteiger partial charge in [0.1, 0.15) is 6.54 Å². The van der Waals surface area contributed by atoms with E-state index in [4.69, 9.17) is 0 Å². The first-order chi connectivity index (χ1) is 14.5. The maximum Gasteiger partial charge on any atom is 0.244 e. The molecule has 2 saturated heterocycles. The predicted molar refractivity (Wildman–Crippen MR) is 139 cm³/mol. The molecule has 7 nitrogen and oxygen atoms in total. The van der Waals surface area contributed by atoms with Crippen molar-refractivity contribution < 1.29 is 4.79 Å². The van der Waals surface area contributed by atoms with E-state index >= 15 is 0 Å². The van der Waals surface area contributed by atoms with Gasteiger partial charge in [-0.25, -0.2) is 4.99 Å². The monoisotopic (exact) mass is 542 g/mol. The van der Waals surface area contributed by atoms with E-state index in [1.165, 1.54) is 5.69 Å². The fourth-order valence-corrected chi connectivity index (χ4v) is 4.21. The van der Waals surface area contributed by atoms with Crippen LogP contribution in [0.3, 0.4) is 0 Å². The first kappa shape index (κ1) is 25.7. The largest absolute Gasteiger partial charge is 0.368 e. The van der Waals surface area contributed by atoms with Crippen molar-refractivity contribution in [2.24, 2.45) is 10.9 Å². The number of carbonyl (C=O) groups excluding carboxylic acids is 1. The number of aliphatic imine (C=N–C) groups is 1. The molecule has 8 heteroatoms. The number of rotatable bonds is 6. The predicted octanol–water partition coefficient (Wildman–Crippen LogP) is 2.24. The Balaban J connectivity index is 0.00000341. The summed E-state index contributed by atoms with van der Waals surface area (Å²) in [6, 6.07) is 11.3. The molecule has 31 heavy (non-hydrogen) atoms. The summed E-state index contributed by atoms with van der Waals surface area (Å²) >= 11 is 0. The van der Waals surface area contributed by atoms with Crippen LogP contribution < -0.4 is 15.5 Å². The highest BCUT2D eigenvalue weighted by atomic mass is 127. The van der Waals surface area contributed by atoms with E-state index in [0.717, 1.165) is 51.8 Å². The maximum absolute atomic E-state index is 12.7. The van der Waals surface area contributed by atoms with Crippen LogP contribution in [-0.4, -0.2) is 86.1 Å². The number of carbonyl (C=O) groups is 1. The summed E-state index contributed by atoms with van der Waals surface area (Å²) in [6.45, 7) is 15.1. The normalized spacial score (nSPS) is 22.4. The van der Waals surface area contributed by atoms with Crippen LogP contribution in [0.25, 0.3) is 0 Å². The molecule has 174 valence electrons. The highest BCUT2D eigenvalue weighted by Gasteiger charge is 2.31. The van der Waals surface area contributed by atoms with Crippen LogP contribution in [0.1, 0.15) is 27.7 Å². The molecule has 2 aliphatic rings. The zero-order valence-corrected chi connectivity index (χ0v) is 21.7. The Morgan fingerprint density at radius 3 is 2.39 bits per heavy atom. The van der Waals surface area contributed by atoms with Crippen LogP contribution in [0.4, 0.5) is 5.69 Å². The molecule has 2 aliphatic heterocycles. The van der Waals surface area contributed by atoms with E-state index in [0.29, 0.717) is 18.0 Å². The van der Waals surface area contributed by atoms with Gasteiger partial charge in [0.15, 0.2) is 5.96 Å². The smallest absolute Gasteiger partial charge is 0.244 e. The number of amides is 1. The zero-order chi connectivity index (χ0) is 21.5. The average Bonchev–Trinajstić information content (AvgIpc) is 3.13. The van der Waals surface area contributed by atoms with Gasteiger partial charge in [0.05, 0.1) is 0 Å². The van der Waals surface area contributed by atoms with E-state index in [2.05, 4.69) is 77.4 Å². The van der Waals surface area contributed by atoms with Gasteiger partial charge in [0.25, 0.3) is 0 Å². The summed E-state index contributed by atoms with van der Waals surface area (Å²) in [5.74, 6) is 1.40. The van der Waals surface area contributed by atoms with Crippen LogP contribution in [0, 0.1) is 5.92 Å². The molecular weight excluding hydrogens is 503 g/mol. The number of para-hydroxylation sites is 1. The number of likely N-dealkylation sites (tertiary alicyclic amines) is 1. The van der Waals surface area contributed by atoms with E-state index in [1.807, 2.05) is 11.0 Å². The number of nitrogens with zero attached hydrogens (tertiary/aromatic N) is 4. The molecule has 2 atom stereocenters. The molecule has 2 heterocycles. The van der Waals surface area contributed by atoms with Crippen molar-refractivity contribution in [3.05, 3.63) is 30.3 Å². The van der Waals surface area contributed by atoms with Crippen LogP contribution >= 0.6 is 24.0 Å². The van der Waals surface area contributed by atoms with Crippen molar-refractivity contribution in [3.8, 4) is 0 Å². The summed E-state index contributed by atoms with van der Waals surface area (Å²) in [5.41, 5.74) is 1.22. The van der Waals surface area contributed by atoms with Crippen molar-refractivity contribution >= 4 is 41.5 Å². The minimum absolute atomic E-state index is 0. The van der Waals surface area contributed by atoms with Gasteiger partial charge >= 0.3 is 0 Å². The Labute approximate surface area is 204 Å². The van der Waals surface area contributed by atoms with Gasteiger partial charge in [-0.3, -0.25) is 9.69 Å². The Morgan fingerprint density at radius 1 is 1.13 bits per heavy atom. The molecule has 1 amide bonds. The quantitative estimate of drug-likeness (QED) is 0.328. The number of anilines is 1. The Hall–Kier alpha value is -1.55. The minimum Gasteiger partial charge on any atom is -0.368 e. The second-order valence-corrected chi connectivity index (χ2v) is 8.67. The Morgan fingerprint density at radius 2 is 1.81 bits per heavy atom. The Kier molecular flexibility index (Phi) is 10.3. The number of piperazine rings is 1. The van der Waals surface area contributed by atoms with Crippen LogP contribution in [0.2, 0.25) is 0 Å². The fraction of sp³-hybridized carbons (Fsp3) is 0.652. The molecule has 1 aromatic rings. The lowest BCUT2D eigenvalue weighted by molar-refractivity contribution is -0.129. The van der Waals surface area contributed by atoms with Gasteiger partial charge in [-0.15, -0.1) is 24.0 Å². The number of nitrogens with one attached hydrogen (secondary N) is 2. The standard InChI is InChI=1S/C23H38N6O.HI/c1-5-24-23(26-21-17-29(18(2)3)16-19(21)4)25-15-22(30)28-13-11-27(12-14-28)20-9-7-6-8-10-20;/h6-10,18-19,21H,5,11-17H2,1-4H3,(H2,24,25,26);1H. The second-order valence-electron chi connectivity index (χ2n) is 8.67. The van der Waals surface area contributed by atoms with Gasteiger partial charge in [-0.1, -0.05) is 25.1 Å². The number of benzene rings is 1. The zero-order valence-electron chi connectivity index (χ0n) is 19.4. The second kappa shape index (κ2) is 12.5. The van der Waals surface area contributed by atoms with Crippen molar-refractivity contribution in [2.75, 3.05) is 57.3 Å². The summed E-state index contributed by atoms with van der Waals surface area (Å²) in [5, 5.41) is 6.86. The lowest BCUT2D eigenvalue weighted by atomic mass is 10.1. The Bertz CT molecular complexity index is 705. The van der Waals surface area contributed by atoms with Gasteiger partial charge in [-0.2, -0.15) is 0 Å². The van der Waals surface area contributed by atoms with E-state index in [9.17, 15) is 4.79 Å². The molecule has 0 aliphatic carbocycles. The molecule has 0 radical (unpaired) electrons. The first-order valence-electron chi connectivity index (χ1n) is 11.3. The molecule has 0 aromatic heterocycles. The molecule has 0 saturated carbocycles. The van der Waals surface area contributed by atoms with Gasteiger partial charge in [-0.05, 0) is 38.8 Å². The third kappa shape index (κ3) is 7.24. The van der Waals surface area contributed by atoms with Crippen molar-refractivity contribution in [1.82, 2.24) is 20.4 Å². The SMILES string of the molecule is CCNC(=NCC(=O)N1CCN(c2ccccc2)CC1)NC1CN(C(C)C)CC1C.I. The molecule has 0 spiro atoms. The van der Waals surface area contributed by atoms with Crippen molar-refractivity contribution in [1.29, 1.82) is 0 Å². The van der Waals surface area contributed by atoms with Gasteiger partial charge < -0.3 is 20.4 Å². The molecule has 2 N–H and O–H groups in total. The van der Waals surface area contributed by atoms with E-state index in [-0.39, 0.29) is 36.4 Å². The molecule has 2 fully saturated rings. The summed E-state index contributed by atoms with van der Waals surface area (Å²) < 4.78 is 0. The lowest BCUT2D eigenvalue weighted by Gasteiger charge is -2.36. The third-order valence-corrected chi connectivity index (χ3v) is 6.16. The lowest BCUT2D eigenvalue weighted by Crippen LogP contribution is -2.50. The van der Waals surface area contributed by atoms with Crippen molar-refractivity contribution in [3.63, 3.8) is 0 Å². The number of hydrogen-bond donors (Lipinski definition) is 2. The number of halogens is 1. The maximum atomic E-state index is 12.7. The average molecular weight is 543 g/mol. The third-order valence-electron chi connectivity index (χ3n) is 6.16. The molecule has 1 aromatic carbocycles. The molecule has 0 bridgehead atoms. The number of guanidine groups is 1. The van der Waals surface area contributed by atoms with Crippen molar-refractivity contribution in [2.45, 2.75) is 39.8 Å². The van der Waals surface area contributed by atoms with Gasteiger partial charge in [0, 0.05) is 63.6 Å². The highest BCUT2D eigenvalue weighted by molar-refractivity contribution is 14.0. The summed E-state index contributed by atoms with van der Waals surface area (Å²) in [6.07, 6.45) is 0. The van der Waals surface area contributed by atoms with Crippen LogP contribution in [-0.2, 0) is 4.79 Å².